The van der Waals surface area contributed by atoms with Crippen LogP contribution in [0.2, 0.25) is 0 Å². The van der Waals surface area contributed by atoms with E-state index >= 15 is 0 Å². The minimum Gasteiger partial charge on any atom is -0.383 e. The Bertz CT molecular complexity index is 1420. The van der Waals surface area contributed by atoms with Gasteiger partial charge in [0.2, 0.25) is 0 Å². The number of amides is 1. The largest absolute Gasteiger partial charge is 0.383 e. The summed E-state index contributed by atoms with van der Waals surface area (Å²) in [5, 5.41) is 0.863. The van der Waals surface area contributed by atoms with Gasteiger partial charge in [-0.05, 0) is 73.4 Å². The predicted octanol–water partition coefficient (Wildman–Crippen LogP) is 4.52. The average molecular weight is 481 g/mol. The van der Waals surface area contributed by atoms with E-state index in [9.17, 15) is 4.79 Å². The first kappa shape index (κ1) is 23.6. The van der Waals surface area contributed by atoms with Crippen molar-refractivity contribution in [1.29, 1.82) is 0 Å². The number of nitrogens with zero attached hydrogens (tertiary/aromatic N) is 5. The average Bonchev–Trinajstić information content (AvgIpc) is 2.93. The van der Waals surface area contributed by atoms with Crippen LogP contribution in [0.5, 0.6) is 0 Å². The van der Waals surface area contributed by atoms with Crippen molar-refractivity contribution in [2.45, 2.75) is 32.9 Å². The molecule has 8 nitrogen and oxygen atoms in total. The summed E-state index contributed by atoms with van der Waals surface area (Å²) in [6, 6.07) is 12.8. The number of pyridine rings is 2. The summed E-state index contributed by atoms with van der Waals surface area (Å²) >= 11 is 0. The lowest BCUT2D eigenvalue weighted by atomic mass is 10.1. The Labute approximate surface area is 209 Å². The second kappa shape index (κ2) is 10.2. The highest BCUT2D eigenvalue weighted by molar-refractivity contribution is 5.98. The zero-order chi connectivity index (χ0) is 25.1. The molecular weight excluding hydrogens is 452 g/mol. The highest BCUT2D eigenvalue weighted by Crippen LogP contribution is 2.25. The fraction of sp³-hybridized carbons (Fsp3) is 0.250. The fourth-order valence-electron chi connectivity index (χ4n) is 4.29. The van der Waals surface area contributed by atoms with Gasteiger partial charge >= 0.3 is 0 Å². The van der Waals surface area contributed by atoms with E-state index in [2.05, 4.69) is 26.0 Å². The van der Waals surface area contributed by atoms with E-state index in [1.807, 2.05) is 50.4 Å². The summed E-state index contributed by atoms with van der Waals surface area (Å²) in [7, 11) is 0. The van der Waals surface area contributed by atoms with Crippen molar-refractivity contribution in [3.05, 3.63) is 95.3 Å². The number of anilines is 1. The molecule has 1 amide bonds. The van der Waals surface area contributed by atoms with Gasteiger partial charge in [0.15, 0.2) is 0 Å². The molecule has 4 heterocycles. The zero-order valence-corrected chi connectivity index (χ0v) is 20.4. The first-order valence-electron chi connectivity index (χ1n) is 12.0. The highest BCUT2D eigenvalue weighted by atomic mass is 16.5. The fourth-order valence-corrected chi connectivity index (χ4v) is 4.29. The molecule has 36 heavy (non-hydrogen) atoms. The van der Waals surface area contributed by atoms with Gasteiger partial charge in [0, 0.05) is 29.5 Å². The molecule has 0 radical (unpaired) electrons. The quantitative estimate of drug-likeness (QED) is 0.432. The molecule has 1 aliphatic rings. The van der Waals surface area contributed by atoms with E-state index in [1.165, 1.54) is 0 Å². The summed E-state index contributed by atoms with van der Waals surface area (Å²) in [5.74, 6) is 0.918. The molecule has 182 valence electrons. The summed E-state index contributed by atoms with van der Waals surface area (Å²) in [6.07, 6.45) is 8.31. The van der Waals surface area contributed by atoms with Crippen LogP contribution in [0, 0.1) is 6.92 Å². The molecule has 0 saturated heterocycles. The maximum absolute atomic E-state index is 13.8. The van der Waals surface area contributed by atoms with Crippen molar-refractivity contribution in [2.24, 2.45) is 0 Å². The Morgan fingerprint density at radius 2 is 1.97 bits per heavy atom. The maximum Gasteiger partial charge on any atom is 0.254 e. The standard InChI is InChI=1S/C28H28N6O2/c1-18-13-23-14-20(7-9-25(23)33-26(18)29)28(35)34(19(2)27-30-10-4-11-31-27)16-24-8-6-21(15-32-24)22-5-3-12-36-17-22/h4-11,13-15,19H,3,12,16-17H2,1-2H3,(H2,29,33). The number of hydrogen-bond donors (Lipinski definition) is 1. The molecule has 4 aromatic rings. The van der Waals surface area contributed by atoms with Gasteiger partial charge in [0.05, 0.1) is 37.0 Å². The zero-order valence-electron chi connectivity index (χ0n) is 20.4. The Balaban J connectivity index is 1.46. The highest BCUT2D eigenvalue weighted by Gasteiger charge is 2.26. The Hall–Kier alpha value is -4.17. The summed E-state index contributed by atoms with van der Waals surface area (Å²) < 4.78 is 5.56. The predicted molar refractivity (Wildman–Crippen MR) is 139 cm³/mol. The molecule has 0 aliphatic carbocycles. The molecule has 3 aromatic heterocycles. The van der Waals surface area contributed by atoms with E-state index in [4.69, 9.17) is 10.5 Å². The van der Waals surface area contributed by atoms with Crippen LogP contribution in [-0.4, -0.2) is 44.0 Å². The first-order chi connectivity index (χ1) is 17.5. The molecule has 0 spiro atoms. The molecule has 8 heteroatoms. The van der Waals surface area contributed by atoms with Crippen LogP contribution in [-0.2, 0) is 11.3 Å². The third kappa shape index (κ3) is 4.94. The van der Waals surface area contributed by atoms with Crippen LogP contribution in [0.1, 0.15) is 52.4 Å². The van der Waals surface area contributed by atoms with Crippen molar-refractivity contribution >= 4 is 28.2 Å². The van der Waals surface area contributed by atoms with Crippen LogP contribution >= 0.6 is 0 Å². The van der Waals surface area contributed by atoms with Crippen molar-refractivity contribution in [3.8, 4) is 0 Å². The maximum atomic E-state index is 13.8. The summed E-state index contributed by atoms with van der Waals surface area (Å²) in [6.45, 7) is 5.49. The summed E-state index contributed by atoms with van der Waals surface area (Å²) in [4.78, 5) is 33.5. The van der Waals surface area contributed by atoms with Crippen LogP contribution in [0.15, 0.2) is 67.1 Å². The topological polar surface area (TPSA) is 107 Å². The van der Waals surface area contributed by atoms with Gasteiger partial charge < -0.3 is 15.4 Å². The smallest absolute Gasteiger partial charge is 0.254 e. The number of nitrogen functional groups attached to an aromatic ring is 1. The molecule has 2 N–H and O–H groups in total. The van der Waals surface area contributed by atoms with Crippen molar-refractivity contribution < 1.29 is 9.53 Å². The number of carbonyl (C=O) groups is 1. The number of rotatable bonds is 6. The van der Waals surface area contributed by atoms with Gasteiger partial charge in [0.25, 0.3) is 5.91 Å². The van der Waals surface area contributed by atoms with E-state index in [1.54, 1.807) is 29.4 Å². The van der Waals surface area contributed by atoms with Crippen LogP contribution < -0.4 is 5.73 Å². The Morgan fingerprint density at radius 1 is 1.14 bits per heavy atom. The Kier molecular flexibility index (Phi) is 6.69. The van der Waals surface area contributed by atoms with E-state index in [0.717, 1.165) is 46.3 Å². The molecule has 0 fully saturated rings. The SMILES string of the molecule is Cc1cc2cc(C(=O)N(Cc3ccc(C4=CCCOC4)cn3)C(C)c3ncccn3)ccc2nc1N. The van der Waals surface area contributed by atoms with E-state index < -0.39 is 0 Å². The number of aromatic nitrogens is 4. The lowest BCUT2D eigenvalue weighted by Gasteiger charge is -2.28. The van der Waals surface area contributed by atoms with Gasteiger partial charge in [0.1, 0.15) is 11.6 Å². The van der Waals surface area contributed by atoms with E-state index in [-0.39, 0.29) is 11.9 Å². The third-order valence-electron chi connectivity index (χ3n) is 6.42. The monoisotopic (exact) mass is 480 g/mol. The number of ether oxygens (including phenoxy) is 1. The van der Waals surface area contributed by atoms with Crippen molar-refractivity contribution in [1.82, 2.24) is 24.8 Å². The Morgan fingerprint density at radius 3 is 2.69 bits per heavy atom. The molecule has 1 unspecified atom stereocenters. The molecule has 1 atom stereocenters. The molecule has 1 aromatic carbocycles. The summed E-state index contributed by atoms with van der Waals surface area (Å²) in [5.41, 5.74) is 11.1. The van der Waals surface area contributed by atoms with Gasteiger partial charge in [-0.3, -0.25) is 9.78 Å². The normalized spacial score (nSPS) is 14.3. The minimum atomic E-state index is -0.364. The van der Waals surface area contributed by atoms with Crippen molar-refractivity contribution in [3.63, 3.8) is 0 Å². The number of fused-ring (bicyclic) bond motifs is 1. The van der Waals surface area contributed by atoms with Gasteiger partial charge in [-0.15, -0.1) is 0 Å². The molecule has 0 saturated carbocycles. The lowest BCUT2D eigenvalue weighted by molar-refractivity contribution is 0.0663. The second-order valence-corrected chi connectivity index (χ2v) is 8.92. The lowest BCUT2D eigenvalue weighted by Crippen LogP contribution is -2.34. The van der Waals surface area contributed by atoms with Crippen LogP contribution in [0.25, 0.3) is 16.5 Å². The van der Waals surface area contributed by atoms with Crippen molar-refractivity contribution in [2.75, 3.05) is 18.9 Å². The van der Waals surface area contributed by atoms with Gasteiger partial charge in [-0.1, -0.05) is 12.1 Å². The number of benzene rings is 1. The third-order valence-corrected chi connectivity index (χ3v) is 6.42. The minimum absolute atomic E-state index is 0.138. The molecule has 1 aliphatic heterocycles. The number of aryl methyl sites for hydroxylation is 1. The van der Waals surface area contributed by atoms with Crippen LogP contribution in [0.4, 0.5) is 5.82 Å². The molecular formula is C28H28N6O2. The molecule has 0 bridgehead atoms. The van der Waals surface area contributed by atoms with E-state index in [0.29, 0.717) is 30.4 Å². The van der Waals surface area contributed by atoms with Gasteiger partial charge in [-0.2, -0.15) is 0 Å². The second-order valence-electron chi connectivity index (χ2n) is 8.92. The molecule has 5 rings (SSSR count). The first-order valence-corrected chi connectivity index (χ1v) is 12.0. The van der Waals surface area contributed by atoms with Gasteiger partial charge in [-0.25, -0.2) is 15.0 Å². The van der Waals surface area contributed by atoms with Crippen LogP contribution in [0.3, 0.4) is 0 Å². The number of nitrogens with two attached hydrogens (primary N) is 1. The number of carbonyl (C=O) groups excluding carboxylic acids is 1. The number of hydrogen-bond acceptors (Lipinski definition) is 7.